The van der Waals surface area contributed by atoms with Crippen LogP contribution in [0.3, 0.4) is 0 Å². The predicted octanol–water partition coefficient (Wildman–Crippen LogP) is 4.05. The number of ether oxygens (including phenoxy) is 1. The highest BCUT2D eigenvalue weighted by Gasteiger charge is 2.54. The molecule has 3 atom stereocenters. The molecule has 10 nitrogen and oxygen atoms in total. The van der Waals surface area contributed by atoms with Crippen LogP contribution in [0.25, 0.3) is 0 Å². The molecule has 0 bridgehead atoms. The van der Waals surface area contributed by atoms with E-state index in [-0.39, 0.29) is 34.5 Å². The highest BCUT2D eigenvalue weighted by molar-refractivity contribution is 6.00. The molecule has 44 heavy (non-hydrogen) atoms. The summed E-state index contributed by atoms with van der Waals surface area (Å²) in [5.41, 5.74) is 2.21. The van der Waals surface area contributed by atoms with Crippen LogP contribution in [0.1, 0.15) is 87.3 Å². The Balaban J connectivity index is 1.19. The van der Waals surface area contributed by atoms with E-state index in [9.17, 15) is 14.4 Å². The number of nitrogens with one attached hydrogen (secondary N) is 3. The summed E-state index contributed by atoms with van der Waals surface area (Å²) in [7, 11) is 1.73. The van der Waals surface area contributed by atoms with Gasteiger partial charge in [0.25, 0.3) is 5.91 Å². The number of nitrogens with zero attached hydrogens (tertiary/aromatic N) is 3. The van der Waals surface area contributed by atoms with Crippen LogP contribution in [0.5, 0.6) is 0 Å². The van der Waals surface area contributed by atoms with Gasteiger partial charge in [-0.3, -0.25) is 24.0 Å². The number of aryl methyl sites for hydroxylation is 1. The molecule has 4 aliphatic rings. The third kappa shape index (κ3) is 6.56. The number of amides is 3. The van der Waals surface area contributed by atoms with Gasteiger partial charge in [0, 0.05) is 38.6 Å². The van der Waals surface area contributed by atoms with Crippen molar-refractivity contribution in [2.75, 3.05) is 38.2 Å². The van der Waals surface area contributed by atoms with Gasteiger partial charge >= 0.3 is 0 Å². The maximum absolute atomic E-state index is 14.0. The monoisotopic (exact) mass is 604 g/mol. The molecule has 2 aromatic rings. The molecule has 3 aliphatic carbocycles. The number of hydrogen-bond acceptors (Lipinski definition) is 6. The fraction of sp³-hybridized carbons (Fsp3) is 0.647. The molecule has 238 valence electrons. The molecule has 2 unspecified atom stereocenters. The van der Waals surface area contributed by atoms with Crippen molar-refractivity contribution in [3.05, 3.63) is 47.8 Å². The number of anilines is 1. The lowest BCUT2D eigenvalue weighted by molar-refractivity contribution is -0.129. The number of morpholine rings is 1. The van der Waals surface area contributed by atoms with Gasteiger partial charge in [-0.15, -0.1) is 0 Å². The van der Waals surface area contributed by atoms with Crippen molar-refractivity contribution < 1.29 is 19.1 Å². The van der Waals surface area contributed by atoms with E-state index >= 15 is 0 Å². The number of hydrogen-bond donors (Lipinski definition) is 3. The van der Waals surface area contributed by atoms with Gasteiger partial charge in [0.1, 0.15) is 17.8 Å². The fourth-order valence-electron chi connectivity index (χ4n) is 7.39. The second kappa shape index (κ2) is 12.6. The van der Waals surface area contributed by atoms with Crippen molar-refractivity contribution in [3.63, 3.8) is 0 Å². The predicted molar refractivity (Wildman–Crippen MR) is 168 cm³/mol. The molecule has 0 radical (unpaired) electrons. The molecule has 4 fully saturated rings. The molecule has 1 aliphatic heterocycles. The summed E-state index contributed by atoms with van der Waals surface area (Å²) < 4.78 is 7.11. The van der Waals surface area contributed by atoms with Gasteiger partial charge < -0.3 is 20.7 Å². The highest BCUT2D eigenvalue weighted by atomic mass is 16.5. The Morgan fingerprint density at radius 1 is 0.977 bits per heavy atom. The first kappa shape index (κ1) is 30.8. The molecule has 2 heterocycles. The van der Waals surface area contributed by atoms with Crippen molar-refractivity contribution in [3.8, 4) is 0 Å². The van der Waals surface area contributed by atoms with Gasteiger partial charge in [-0.2, -0.15) is 5.10 Å². The minimum Gasteiger partial charge on any atom is -0.379 e. The Bertz CT molecular complexity index is 1340. The summed E-state index contributed by atoms with van der Waals surface area (Å²) in [6.07, 6.45) is 10.6. The molecular formula is C34H48N6O4. The molecule has 1 aromatic carbocycles. The third-order valence-corrected chi connectivity index (χ3v) is 10.9. The molecule has 1 saturated heterocycles. The van der Waals surface area contributed by atoms with E-state index in [1.807, 2.05) is 24.3 Å². The zero-order valence-corrected chi connectivity index (χ0v) is 26.4. The van der Waals surface area contributed by atoms with Crippen LogP contribution in [0.4, 0.5) is 5.69 Å². The molecule has 3 saturated carbocycles. The maximum atomic E-state index is 14.0. The average molecular weight is 605 g/mol. The van der Waals surface area contributed by atoms with Crippen LogP contribution in [-0.2, 0) is 21.4 Å². The van der Waals surface area contributed by atoms with E-state index < -0.39 is 12.1 Å². The number of rotatable bonds is 12. The quantitative estimate of drug-likeness (QED) is 0.337. The van der Waals surface area contributed by atoms with Crippen molar-refractivity contribution in [2.45, 2.75) is 77.3 Å². The first-order valence-electron chi connectivity index (χ1n) is 16.5. The number of benzene rings is 1. The summed E-state index contributed by atoms with van der Waals surface area (Å²) in [4.78, 5) is 43.1. The number of carbonyl (C=O) groups is 3. The zero-order chi connectivity index (χ0) is 30.9. The Hall–Kier alpha value is -3.24. The molecule has 10 heteroatoms. The Morgan fingerprint density at radius 2 is 1.68 bits per heavy atom. The molecular weight excluding hydrogens is 556 g/mol. The van der Waals surface area contributed by atoms with Gasteiger partial charge in [0.2, 0.25) is 11.8 Å². The van der Waals surface area contributed by atoms with Crippen molar-refractivity contribution in [1.29, 1.82) is 0 Å². The normalized spacial score (nSPS) is 22.9. The Morgan fingerprint density at radius 3 is 2.23 bits per heavy atom. The smallest absolute Gasteiger partial charge is 0.270 e. The number of aromatic nitrogens is 2. The SMILES string of the molecule is Cn1nccc1C(=O)N[C@H](C(=O)Nc1ccc(C(C(=O)NCC2(C)CCC2)N2CCOCC2)cc1)C(C1CCC1)C1(C)CC1. The first-order chi connectivity index (χ1) is 21.2. The van der Waals surface area contributed by atoms with Crippen molar-refractivity contribution >= 4 is 23.4 Å². The van der Waals surface area contributed by atoms with Gasteiger partial charge in [0.05, 0.1) is 13.2 Å². The van der Waals surface area contributed by atoms with Gasteiger partial charge in [-0.05, 0) is 72.1 Å². The summed E-state index contributed by atoms with van der Waals surface area (Å²) in [5.74, 6) is 0.0107. The van der Waals surface area contributed by atoms with Crippen molar-refractivity contribution in [1.82, 2.24) is 25.3 Å². The van der Waals surface area contributed by atoms with Crippen molar-refractivity contribution in [2.24, 2.45) is 29.7 Å². The van der Waals surface area contributed by atoms with Crippen LogP contribution >= 0.6 is 0 Å². The lowest BCUT2D eigenvalue weighted by Crippen LogP contribution is -2.54. The van der Waals surface area contributed by atoms with E-state index in [0.29, 0.717) is 50.1 Å². The summed E-state index contributed by atoms with van der Waals surface area (Å²) in [6, 6.07) is 8.22. The summed E-state index contributed by atoms with van der Waals surface area (Å²) >= 11 is 0. The molecule has 3 amide bonds. The van der Waals surface area contributed by atoms with Crippen LogP contribution in [0, 0.1) is 22.7 Å². The summed E-state index contributed by atoms with van der Waals surface area (Å²) in [5, 5.41) is 13.6. The van der Waals surface area contributed by atoms with E-state index in [0.717, 1.165) is 44.1 Å². The number of carbonyl (C=O) groups excluding carboxylic acids is 3. The second-order valence-electron chi connectivity index (χ2n) is 14.2. The molecule has 1 aromatic heterocycles. The Labute approximate surface area is 260 Å². The zero-order valence-electron chi connectivity index (χ0n) is 26.4. The molecule has 6 rings (SSSR count). The van der Waals surface area contributed by atoms with Crippen LogP contribution in [-0.4, -0.2) is 71.3 Å². The summed E-state index contributed by atoms with van der Waals surface area (Å²) in [6.45, 7) is 7.76. The standard InChI is InChI=1S/C34H48N6O4/c1-33(13-5-14-33)22-35-32(43)29(40-18-20-44-21-19-40)24-8-10-25(11-9-24)37-31(42)28(38-30(41)26-12-17-36-39(26)3)27(23-6-4-7-23)34(2)15-16-34/h8-12,17,23,27-29H,4-7,13-16,18-22H2,1-3H3,(H,35,43)(H,37,42)(H,38,41)/t27?,28-,29?/m0/s1. The lowest BCUT2D eigenvalue weighted by Gasteiger charge is -2.42. The highest BCUT2D eigenvalue weighted by Crippen LogP contribution is 2.58. The Kier molecular flexibility index (Phi) is 8.84. The maximum Gasteiger partial charge on any atom is 0.270 e. The minimum absolute atomic E-state index is 0.00997. The molecule has 0 spiro atoms. The average Bonchev–Trinajstić information content (AvgIpc) is 3.57. The van der Waals surface area contributed by atoms with Crippen LogP contribution < -0.4 is 16.0 Å². The fourth-order valence-corrected chi connectivity index (χ4v) is 7.39. The third-order valence-electron chi connectivity index (χ3n) is 10.9. The minimum atomic E-state index is -0.658. The molecule has 3 N–H and O–H groups in total. The van der Waals surface area contributed by atoms with Gasteiger partial charge in [-0.25, -0.2) is 0 Å². The van der Waals surface area contributed by atoms with E-state index in [1.54, 1.807) is 19.3 Å². The van der Waals surface area contributed by atoms with Gasteiger partial charge in [-0.1, -0.05) is 51.7 Å². The van der Waals surface area contributed by atoms with Gasteiger partial charge in [0.15, 0.2) is 0 Å². The largest absolute Gasteiger partial charge is 0.379 e. The first-order valence-corrected chi connectivity index (χ1v) is 16.5. The van der Waals surface area contributed by atoms with Crippen LogP contribution in [0.15, 0.2) is 36.5 Å². The van der Waals surface area contributed by atoms with E-state index in [2.05, 4.69) is 39.8 Å². The topological polar surface area (TPSA) is 118 Å². The second-order valence-corrected chi connectivity index (χ2v) is 14.2. The lowest BCUT2D eigenvalue weighted by atomic mass is 9.66. The van der Waals surface area contributed by atoms with E-state index in [4.69, 9.17) is 4.74 Å². The van der Waals surface area contributed by atoms with E-state index in [1.165, 1.54) is 17.5 Å². The van der Waals surface area contributed by atoms with Crippen LogP contribution in [0.2, 0.25) is 0 Å².